The number of nitrogens with zero attached hydrogens (tertiary/aromatic N) is 1. The Labute approximate surface area is 170 Å². The molecule has 0 saturated heterocycles. The fourth-order valence-corrected chi connectivity index (χ4v) is 3.08. The van der Waals surface area contributed by atoms with Gasteiger partial charge in [-0.25, -0.2) is 4.79 Å². The van der Waals surface area contributed by atoms with Crippen molar-refractivity contribution in [2.45, 2.75) is 20.4 Å². The number of nitrogens with one attached hydrogen (secondary N) is 1. The number of carbonyl (C=O) groups is 1. The van der Waals surface area contributed by atoms with E-state index in [0.717, 1.165) is 16.7 Å². The number of anilines is 2. The Kier molecular flexibility index (Phi) is 5.93. The van der Waals surface area contributed by atoms with Crippen LogP contribution in [0.1, 0.15) is 16.7 Å². The van der Waals surface area contributed by atoms with Crippen molar-refractivity contribution >= 4 is 17.4 Å². The zero-order valence-corrected chi connectivity index (χ0v) is 16.8. The van der Waals surface area contributed by atoms with Gasteiger partial charge >= 0.3 is 6.03 Å². The van der Waals surface area contributed by atoms with E-state index in [1.807, 2.05) is 56.3 Å². The van der Waals surface area contributed by atoms with Crippen LogP contribution in [-0.2, 0) is 6.54 Å². The molecule has 6 heteroatoms. The number of hydrogen-bond donors (Lipinski definition) is 3. The summed E-state index contributed by atoms with van der Waals surface area (Å²) >= 11 is 0. The van der Waals surface area contributed by atoms with Crippen LogP contribution in [0.3, 0.4) is 0 Å². The number of ether oxygens (including phenoxy) is 1. The lowest BCUT2D eigenvalue weighted by molar-refractivity contribution is 0.220. The molecular weight excluding hydrogens is 366 g/mol. The van der Waals surface area contributed by atoms with Crippen LogP contribution in [0.15, 0.2) is 60.7 Å². The van der Waals surface area contributed by atoms with Crippen LogP contribution in [0.5, 0.6) is 17.2 Å². The van der Waals surface area contributed by atoms with Crippen molar-refractivity contribution in [2.24, 2.45) is 0 Å². The molecular formula is C23H25N3O3. The summed E-state index contributed by atoms with van der Waals surface area (Å²) in [6, 6.07) is 17.8. The normalized spacial score (nSPS) is 10.4. The summed E-state index contributed by atoms with van der Waals surface area (Å²) in [6.45, 7) is 4.29. The molecule has 29 heavy (non-hydrogen) atoms. The second-order valence-corrected chi connectivity index (χ2v) is 7.04. The van der Waals surface area contributed by atoms with Gasteiger partial charge in [0.25, 0.3) is 0 Å². The molecule has 0 unspecified atom stereocenters. The molecule has 2 amide bonds. The van der Waals surface area contributed by atoms with Gasteiger partial charge in [0.1, 0.15) is 17.2 Å². The molecule has 0 atom stereocenters. The van der Waals surface area contributed by atoms with Crippen molar-refractivity contribution in [3.8, 4) is 17.2 Å². The van der Waals surface area contributed by atoms with Gasteiger partial charge < -0.3 is 25.8 Å². The minimum Gasteiger partial charge on any atom is -0.506 e. The molecule has 3 aromatic carbocycles. The average Bonchev–Trinajstić information content (AvgIpc) is 2.67. The first-order chi connectivity index (χ1) is 13.8. The number of amides is 2. The van der Waals surface area contributed by atoms with E-state index in [1.54, 1.807) is 19.2 Å². The minimum absolute atomic E-state index is 0.0374. The third kappa shape index (κ3) is 4.99. The summed E-state index contributed by atoms with van der Waals surface area (Å²) in [4.78, 5) is 14.1. The zero-order chi connectivity index (χ0) is 21.0. The molecule has 6 nitrogen and oxygen atoms in total. The summed E-state index contributed by atoms with van der Waals surface area (Å²) in [7, 11) is 1.70. The second-order valence-electron chi connectivity index (χ2n) is 7.04. The predicted octanol–water partition coefficient (Wildman–Crippen LogP) is 5.05. The average molecular weight is 391 g/mol. The molecule has 0 radical (unpaired) electrons. The minimum atomic E-state index is -0.332. The van der Waals surface area contributed by atoms with Gasteiger partial charge in [0.15, 0.2) is 0 Å². The number of phenolic OH excluding ortho intramolecular Hbond substituents is 1. The SMILES string of the molecule is Cc1cc(N)cc(C)c1Oc1ccc(O)c(NC(=O)N(C)Cc2ccccc2)c1. The van der Waals surface area contributed by atoms with Crippen LogP contribution in [-0.4, -0.2) is 23.1 Å². The van der Waals surface area contributed by atoms with Gasteiger partial charge in [0.05, 0.1) is 5.69 Å². The number of carbonyl (C=O) groups excluding carboxylic acids is 1. The van der Waals surface area contributed by atoms with Crippen molar-refractivity contribution in [1.29, 1.82) is 0 Å². The van der Waals surface area contributed by atoms with E-state index in [9.17, 15) is 9.90 Å². The second kappa shape index (κ2) is 8.56. The molecule has 0 fully saturated rings. The van der Waals surface area contributed by atoms with Crippen LogP contribution in [0, 0.1) is 13.8 Å². The Morgan fingerprint density at radius 2 is 1.72 bits per heavy atom. The number of phenols is 1. The molecule has 150 valence electrons. The maximum atomic E-state index is 12.5. The molecule has 3 aromatic rings. The number of urea groups is 1. The van der Waals surface area contributed by atoms with Crippen LogP contribution in [0.2, 0.25) is 0 Å². The van der Waals surface area contributed by atoms with Gasteiger partial charge in [-0.15, -0.1) is 0 Å². The van der Waals surface area contributed by atoms with E-state index in [4.69, 9.17) is 10.5 Å². The molecule has 0 aromatic heterocycles. The van der Waals surface area contributed by atoms with Crippen LogP contribution >= 0.6 is 0 Å². The van der Waals surface area contributed by atoms with E-state index in [2.05, 4.69) is 5.32 Å². The number of nitrogen functional groups attached to an aromatic ring is 1. The molecule has 0 heterocycles. The highest BCUT2D eigenvalue weighted by molar-refractivity contribution is 5.91. The quantitative estimate of drug-likeness (QED) is 0.420. The van der Waals surface area contributed by atoms with E-state index in [0.29, 0.717) is 23.7 Å². The van der Waals surface area contributed by atoms with Crippen LogP contribution < -0.4 is 15.8 Å². The Hall–Kier alpha value is -3.67. The van der Waals surface area contributed by atoms with E-state index in [1.165, 1.54) is 11.0 Å². The lowest BCUT2D eigenvalue weighted by atomic mass is 10.1. The summed E-state index contributed by atoms with van der Waals surface area (Å²) < 4.78 is 6.00. The smallest absolute Gasteiger partial charge is 0.321 e. The molecule has 0 aliphatic carbocycles. The van der Waals surface area contributed by atoms with Gasteiger partial charge in [0.2, 0.25) is 0 Å². The zero-order valence-electron chi connectivity index (χ0n) is 16.8. The van der Waals surface area contributed by atoms with Gasteiger partial charge in [0, 0.05) is 25.3 Å². The molecule has 3 rings (SSSR count). The van der Waals surface area contributed by atoms with Crippen molar-refractivity contribution < 1.29 is 14.6 Å². The Bertz CT molecular complexity index is 996. The van der Waals surface area contributed by atoms with Gasteiger partial charge in [-0.1, -0.05) is 30.3 Å². The highest BCUT2D eigenvalue weighted by Crippen LogP contribution is 2.34. The first kappa shape index (κ1) is 20.1. The first-order valence-electron chi connectivity index (χ1n) is 9.27. The molecule has 4 N–H and O–H groups in total. The maximum absolute atomic E-state index is 12.5. The summed E-state index contributed by atoms with van der Waals surface area (Å²) in [5, 5.41) is 12.9. The fourth-order valence-electron chi connectivity index (χ4n) is 3.08. The van der Waals surface area contributed by atoms with Crippen molar-refractivity contribution in [1.82, 2.24) is 4.90 Å². The van der Waals surface area contributed by atoms with Crippen molar-refractivity contribution in [2.75, 3.05) is 18.1 Å². The van der Waals surface area contributed by atoms with E-state index >= 15 is 0 Å². The maximum Gasteiger partial charge on any atom is 0.321 e. The molecule has 0 bridgehead atoms. The molecule has 0 aliphatic rings. The standard InChI is InChI=1S/C23H25N3O3/c1-15-11-18(24)12-16(2)22(15)29-19-9-10-21(27)20(13-19)25-23(28)26(3)14-17-7-5-4-6-8-17/h4-13,27H,14,24H2,1-3H3,(H,25,28). The highest BCUT2D eigenvalue weighted by Gasteiger charge is 2.14. The van der Waals surface area contributed by atoms with Gasteiger partial charge in [-0.3, -0.25) is 0 Å². The number of aromatic hydroxyl groups is 1. The number of aryl methyl sites for hydroxylation is 2. The number of hydrogen-bond acceptors (Lipinski definition) is 4. The fraction of sp³-hybridized carbons (Fsp3) is 0.174. The van der Waals surface area contributed by atoms with Crippen LogP contribution in [0.25, 0.3) is 0 Å². The summed E-state index contributed by atoms with van der Waals surface area (Å²) in [6.07, 6.45) is 0. The lowest BCUT2D eigenvalue weighted by Gasteiger charge is -2.19. The van der Waals surface area contributed by atoms with Crippen molar-refractivity contribution in [3.63, 3.8) is 0 Å². The van der Waals surface area contributed by atoms with Crippen LogP contribution in [0.4, 0.5) is 16.2 Å². The van der Waals surface area contributed by atoms with Gasteiger partial charge in [-0.05, 0) is 54.8 Å². The number of benzene rings is 3. The number of rotatable bonds is 5. The summed E-state index contributed by atoms with van der Waals surface area (Å²) in [5.74, 6) is 1.16. The van der Waals surface area contributed by atoms with Gasteiger partial charge in [-0.2, -0.15) is 0 Å². The topological polar surface area (TPSA) is 87.8 Å². The Morgan fingerprint density at radius 3 is 2.38 bits per heavy atom. The molecule has 0 saturated carbocycles. The predicted molar refractivity (Wildman–Crippen MR) is 115 cm³/mol. The van der Waals surface area contributed by atoms with Crippen molar-refractivity contribution in [3.05, 3.63) is 77.4 Å². The highest BCUT2D eigenvalue weighted by atomic mass is 16.5. The molecule has 0 spiro atoms. The Morgan fingerprint density at radius 1 is 1.07 bits per heavy atom. The Balaban J connectivity index is 1.74. The first-order valence-corrected chi connectivity index (χ1v) is 9.27. The van der Waals surface area contributed by atoms with E-state index in [-0.39, 0.29) is 17.5 Å². The summed E-state index contributed by atoms with van der Waals surface area (Å²) in [5.41, 5.74) is 9.64. The van der Waals surface area contributed by atoms with E-state index < -0.39 is 0 Å². The third-order valence-corrected chi connectivity index (χ3v) is 4.52. The monoisotopic (exact) mass is 391 g/mol. The number of nitrogens with two attached hydrogens (primary N) is 1. The largest absolute Gasteiger partial charge is 0.506 e. The lowest BCUT2D eigenvalue weighted by Crippen LogP contribution is -2.30. The third-order valence-electron chi connectivity index (χ3n) is 4.52. The molecule has 0 aliphatic heterocycles.